The van der Waals surface area contributed by atoms with Crippen LogP contribution in [0.3, 0.4) is 0 Å². The van der Waals surface area contributed by atoms with Crippen LogP contribution in [0.25, 0.3) is 0 Å². The van der Waals surface area contributed by atoms with E-state index in [0.29, 0.717) is 0 Å². The van der Waals surface area contributed by atoms with E-state index in [4.69, 9.17) is 19.2 Å². The van der Waals surface area contributed by atoms with E-state index in [2.05, 4.69) is 0 Å². The maximum absolute atomic E-state index is 8.88. The van der Waals surface area contributed by atoms with Gasteiger partial charge < -0.3 is 14.7 Å². The fourth-order valence-corrected chi connectivity index (χ4v) is 0. The molecule has 0 fully saturated rings. The molecule has 0 aliphatic carbocycles. The van der Waals surface area contributed by atoms with Gasteiger partial charge in [0.2, 0.25) is 0 Å². The zero-order valence-corrected chi connectivity index (χ0v) is 3.09. The molecule has 0 amide bonds. The maximum atomic E-state index is 8.88. The molecule has 0 aliphatic rings. The van der Waals surface area contributed by atoms with Crippen molar-refractivity contribution < 1.29 is 19.2 Å². The van der Waals surface area contributed by atoms with Crippen molar-refractivity contribution in [3.8, 4) is 0 Å². The molecule has 0 bridgehead atoms. The van der Waals surface area contributed by atoms with E-state index in [-0.39, 0.29) is 45.2 Å². The summed E-state index contributed by atoms with van der Waals surface area (Å²) < 4.78 is 8.88. The molecule has 7 heavy (non-hydrogen) atoms. The normalized spacial score (nSPS) is 8.43. The Hall–Kier alpha value is 1.37. The molecular formula is CH9CaO4P. The van der Waals surface area contributed by atoms with E-state index in [1.54, 1.807) is 0 Å². The van der Waals surface area contributed by atoms with E-state index in [1.165, 1.54) is 0 Å². The van der Waals surface area contributed by atoms with Gasteiger partial charge in [-0.2, -0.15) is 0 Å². The van der Waals surface area contributed by atoms with E-state index in [9.17, 15) is 0 Å². The van der Waals surface area contributed by atoms with Crippen LogP contribution in [-0.4, -0.2) is 52.4 Å². The van der Waals surface area contributed by atoms with Crippen LogP contribution in [0.4, 0.5) is 0 Å². The monoisotopic (exact) mass is 156 g/mol. The molecular weight excluding hydrogens is 147 g/mol. The van der Waals surface area contributed by atoms with Crippen molar-refractivity contribution in [3.05, 3.63) is 0 Å². The molecule has 0 rings (SSSR count). The summed E-state index contributed by atoms with van der Waals surface area (Å²) >= 11 is 0. The molecule has 0 aromatic carbocycles. The quantitative estimate of drug-likeness (QED) is 0.304. The Bertz CT molecular complexity index is 57.8. The van der Waals surface area contributed by atoms with Crippen LogP contribution < -0.4 is 0 Å². The minimum atomic E-state index is -4.64. The van der Waals surface area contributed by atoms with Gasteiger partial charge in [0.05, 0.1) is 0 Å². The van der Waals surface area contributed by atoms with Gasteiger partial charge in [0.15, 0.2) is 0 Å². The predicted molar refractivity (Wildman–Crippen MR) is 29.5 cm³/mol. The fraction of sp³-hybridized carbons (Fsp3) is 1.00. The van der Waals surface area contributed by atoms with Crippen LogP contribution in [0.1, 0.15) is 7.43 Å². The van der Waals surface area contributed by atoms with Crippen LogP contribution in [0.2, 0.25) is 0 Å². The fourth-order valence-electron chi connectivity index (χ4n) is 0. The first-order valence-electron chi connectivity index (χ1n) is 0.783. The van der Waals surface area contributed by atoms with Gasteiger partial charge in [-0.1, -0.05) is 7.43 Å². The third-order valence-electron chi connectivity index (χ3n) is 0. The first-order valence-corrected chi connectivity index (χ1v) is 2.35. The molecule has 0 unspecified atom stereocenters. The molecule has 0 aliphatic heterocycles. The summed E-state index contributed by atoms with van der Waals surface area (Å²) in [5.74, 6) is 0. The topological polar surface area (TPSA) is 77.8 Å². The van der Waals surface area contributed by atoms with Crippen LogP contribution in [-0.2, 0) is 4.57 Å². The van der Waals surface area contributed by atoms with Gasteiger partial charge in [-0.15, -0.1) is 0 Å². The van der Waals surface area contributed by atoms with Crippen molar-refractivity contribution >= 4 is 45.6 Å². The Balaban J connectivity index is -0.0000000800. The predicted octanol–water partition coefficient (Wildman–Crippen LogP) is -1.21. The van der Waals surface area contributed by atoms with Crippen molar-refractivity contribution in [1.82, 2.24) is 0 Å². The van der Waals surface area contributed by atoms with Crippen LogP contribution in [0.5, 0.6) is 0 Å². The second-order valence-electron chi connectivity index (χ2n) is 0.513. The molecule has 0 radical (unpaired) electrons. The molecule has 0 atom stereocenters. The molecule has 0 aromatic rings. The molecule has 6 heteroatoms. The average molecular weight is 156 g/mol. The standard InChI is InChI=1S/CH4.Ca.H3O4P.2H/c;;1-5(2,3)4;;/h1H4;;(H3,1,2,3,4);;. The Kier molecular flexibility index (Phi) is 12.4. The van der Waals surface area contributed by atoms with Crippen molar-refractivity contribution in [1.29, 1.82) is 0 Å². The zero-order chi connectivity index (χ0) is 4.50. The van der Waals surface area contributed by atoms with E-state index < -0.39 is 7.82 Å². The third-order valence-corrected chi connectivity index (χ3v) is 0. The van der Waals surface area contributed by atoms with Crippen LogP contribution in [0, 0.1) is 0 Å². The first kappa shape index (κ1) is 15.8. The van der Waals surface area contributed by atoms with E-state index >= 15 is 0 Å². The van der Waals surface area contributed by atoms with Crippen molar-refractivity contribution in [2.75, 3.05) is 0 Å². The summed E-state index contributed by atoms with van der Waals surface area (Å²) in [7, 11) is -4.64. The van der Waals surface area contributed by atoms with Gasteiger partial charge in [0.25, 0.3) is 0 Å². The van der Waals surface area contributed by atoms with E-state index in [0.717, 1.165) is 0 Å². The average Bonchev–Trinajstić information content (AvgIpc) is 0.722. The number of hydrogen-bond acceptors (Lipinski definition) is 1. The van der Waals surface area contributed by atoms with Gasteiger partial charge in [0.1, 0.15) is 0 Å². The minimum absolute atomic E-state index is 0. The van der Waals surface area contributed by atoms with E-state index in [1.807, 2.05) is 0 Å². The van der Waals surface area contributed by atoms with Crippen molar-refractivity contribution in [2.45, 2.75) is 7.43 Å². The van der Waals surface area contributed by atoms with Gasteiger partial charge in [0, 0.05) is 0 Å². The molecule has 4 nitrogen and oxygen atoms in total. The molecule has 0 heterocycles. The van der Waals surface area contributed by atoms with Gasteiger partial charge in [-0.25, -0.2) is 4.57 Å². The number of phosphoric acid groups is 1. The second-order valence-corrected chi connectivity index (χ2v) is 1.54. The Morgan fingerprint density at radius 3 is 1.14 bits per heavy atom. The number of rotatable bonds is 0. The zero-order valence-electron chi connectivity index (χ0n) is 2.20. The van der Waals surface area contributed by atoms with Gasteiger partial charge in [-0.05, 0) is 0 Å². The summed E-state index contributed by atoms with van der Waals surface area (Å²) in [6.45, 7) is 0. The molecule has 0 saturated carbocycles. The molecule has 0 aromatic heterocycles. The number of hydrogen-bond donors (Lipinski definition) is 3. The molecule has 44 valence electrons. The summed E-state index contributed by atoms with van der Waals surface area (Å²) in [5, 5.41) is 0. The van der Waals surface area contributed by atoms with Crippen LogP contribution >= 0.6 is 7.82 Å². The second kappa shape index (κ2) is 5.51. The third kappa shape index (κ3) is 113. The molecule has 3 N–H and O–H groups in total. The molecule has 0 saturated heterocycles. The van der Waals surface area contributed by atoms with Crippen molar-refractivity contribution in [3.63, 3.8) is 0 Å². The van der Waals surface area contributed by atoms with Crippen molar-refractivity contribution in [2.24, 2.45) is 0 Å². The molecule has 0 spiro atoms. The Labute approximate surface area is 71.8 Å². The summed E-state index contributed by atoms with van der Waals surface area (Å²) in [5.41, 5.74) is 0. The summed E-state index contributed by atoms with van der Waals surface area (Å²) in [4.78, 5) is 21.6. The summed E-state index contributed by atoms with van der Waals surface area (Å²) in [6.07, 6.45) is 0. The Morgan fingerprint density at radius 1 is 1.14 bits per heavy atom. The van der Waals surface area contributed by atoms with Gasteiger partial charge >= 0.3 is 45.6 Å². The SMILES string of the molecule is C.O=P(O)(O)O.[CaH2]. The Morgan fingerprint density at radius 2 is 1.14 bits per heavy atom. The van der Waals surface area contributed by atoms with Gasteiger partial charge in [-0.3, -0.25) is 0 Å². The summed E-state index contributed by atoms with van der Waals surface area (Å²) in [6, 6.07) is 0. The first-order chi connectivity index (χ1) is 2.00. The van der Waals surface area contributed by atoms with Crippen LogP contribution in [0.15, 0.2) is 0 Å².